The van der Waals surface area contributed by atoms with E-state index in [0.29, 0.717) is 16.8 Å². The van der Waals surface area contributed by atoms with Gasteiger partial charge in [0.15, 0.2) is 0 Å². The van der Waals surface area contributed by atoms with Crippen LogP contribution in [0.25, 0.3) is 5.57 Å². The summed E-state index contributed by atoms with van der Waals surface area (Å²) in [4.78, 5) is 28.9. The Morgan fingerprint density at radius 2 is 1.53 bits per heavy atom. The highest BCUT2D eigenvalue weighted by molar-refractivity contribution is 6.32. The van der Waals surface area contributed by atoms with Crippen LogP contribution in [-0.2, 0) is 17.9 Å². The maximum absolute atomic E-state index is 12.7. The fourth-order valence-corrected chi connectivity index (χ4v) is 4.17. The van der Waals surface area contributed by atoms with Crippen LogP contribution in [0.4, 0.5) is 11.4 Å². The third-order valence-electron chi connectivity index (χ3n) is 5.83. The summed E-state index contributed by atoms with van der Waals surface area (Å²) in [6.07, 6.45) is 0. The predicted molar refractivity (Wildman–Crippen MR) is 137 cm³/mol. The Kier molecular flexibility index (Phi) is 6.80. The lowest BCUT2D eigenvalue weighted by Gasteiger charge is -2.17. The van der Waals surface area contributed by atoms with E-state index in [9.17, 15) is 9.59 Å². The number of hydrogen-bond donors (Lipinski definition) is 2. The molecule has 0 unspecified atom stereocenters. The first-order chi connectivity index (χ1) is 16.3. The Hall–Kier alpha value is -3.90. The smallest absolute Gasteiger partial charge is 0.258 e. The summed E-state index contributed by atoms with van der Waals surface area (Å²) in [7, 11) is 5.54. The summed E-state index contributed by atoms with van der Waals surface area (Å²) in [5.41, 5.74) is 6.70. The Labute approximate surface area is 200 Å². The zero-order valence-electron chi connectivity index (χ0n) is 20.1. The average molecular weight is 455 g/mol. The van der Waals surface area contributed by atoms with Gasteiger partial charge in [-0.3, -0.25) is 14.5 Å². The number of hydrogen-bond acceptors (Lipinski definition) is 4. The van der Waals surface area contributed by atoms with Crippen molar-refractivity contribution >= 4 is 28.8 Å². The molecule has 6 nitrogen and oxygen atoms in total. The van der Waals surface area contributed by atoms with Crippen molar-refractivity contribution in [2.45, 2.75) is 20.0 Å². The molecule has 1 aliphatic rings. The van der Waals surface area contributed by atoms with Crippen molar-refractivity contribution in [1.82, 2.24) is 9.80 Å². The number of carbonyl (C=O) groups is 2. The number of rotatable bonds is 7. The zero-order valence-corrected chi connectivity index (χ0v) is 20.1. The van der Waals surface area contributed by atoms with E-state index in [1.165, 1.54) is 16.0 Å². The largest absolute Gasteiger partial charge is 0.358 e. The molecule has 0 atom stereocenters. The number of nitrogens with one attached hydrogen (secondary N) is 2. The van der Waals surface area contributed by atoms with Crippen molar-refractivity contribution in [2.75, 3.05) is 31.8 Å². The highest BCUT2D eigenvalue weighted by Gasteiger charge is 2.27. The van der Waals surface area contributed by atoms with E-state index in [0.717, 1.165) is 30.0 Å². The van der Waals surface area contributed by atoms with E-state index < -0.39 is 0 Å². The topological polar surface area (TPSA) is 64.7 Å². The summed E-state index contributed by atoms with van der Waals surface area (Å²) in [6.45, 7) is 3.61. The van der Waals surface area contributed by atoms with Gasteiger partial charge in [-0.25, -0.2) is 0 Å². The Bertz CT molecular complexity index is 1230. The summed E-state index contributed by atoms with van der Waals surface area (Å²) in [5.74, 6) is -0.270. The summed E-state index contributed by atoms with van der Waals surface area (Å²) in [6, 6.07) is 24.0. The molecular weight excluding hydrogens is 424 g/mol. The molecule has 0 spiro atoms. The van der Waals surface area contributed by atoms with E-state index >= 15 is 0 Å². The van der Waals surface area contributed by atoms with E-state index in [-0.39, 0.29) is 11.8 Å². The molecule has 0 saturated carbocycles. The number of allylic oxidation sites excluding steroid dienone is 1. The molecule has 0 radical (unpaired) electrons. The van der Waals surface area contributed by atoms with Crippen molar-refractivity contribution in [3.63, 3.8) is 0 Å². The van der Waals surface area contributed by atoms with Crippen molar-refractivity contribution in [3.8, 4) is 0 Å². The quantitative estimate of drug-likeness (QED) is 0.503. The first-order valence-electron chi connectivity index (χ1n) is 11.3. The molecule has 0 saturated heterocycles. The van der Waals surface area contributed by atoms with Crippen LogP contribution < -0.4 is 10.6 Å². The molecule has 1 heterocycles. The molecule has 0 aliphatic carbocycles. The number of anilines is 2. The number of amides is 2. The van der Waals surface area contributed by atoms with Crippen LogP contribution in [0.2, 0.25) is 0 Å². The van der Waals surface area contributed by atoms with Gasteiger partial charge in [0, 0.05) is 55.4 Å². The van der Waals surface area contributed by atoms with Gasteiger partial charge in [0.2, 0.25) is 0 Å². The third kappa shape index (κ3) is 5.18. The standard InChI is InChI=1S/C28H30N4O2/c1-19(26-24-16-22(28(34)31(2)3)12-15-25(24)30-27(26)33)29-23-13-10-21(11-14-23)18-32(4)17-20-8-6-5-7-9-20/h5-16,29H,17-18H2,1-4H3,(H,30,33)/b26-19-. The lowest BCUT2D eigenvalue weighted by molar-refractivity contribution is -0.110. The van der Waals surface area contributed by atoms with Crippen LogP contribution in [0.15, 0.2) is 78.5 Å². The molecule has 6 heteroatoms. The van der Waals surface area contributed by atoms with Gasteiger partial charge in [0.25, 0.3) is 11.8 Å². The maximum atomic E-state index is 12.7. The fraction of sp³-hybridized carbons (Fsp3) is 0.214. The van der Waals surface area contributed by atoms with Gasteiger partial charge in [0.1, 0.15) is 0 Å². The van der Waals surface area contributed by atoms with Crippen molar-refractivity contribution in [3.05, 3.63) is 101 Å². The van der Waals surface area contributed by atoms with Crippen LogP contribution in [0.3, 0.4) is 0 Å². The van der Waals surface area contributed by atoms with Gasteiger partial charge in [-0.1, -0.05) is 42.5 Å². The van der Waals surface area contributed by atoms with Crippen molar-refractivity contribution in [2.24, 2.45) is 0 Å². The molecule has 4 rings (SSSR count). The van der Waals surface area contributed by atoms with Gasteiger partial charge >= 0.3 is 0 Å². The number of benzene rings is 3. The van der Waals surface area contributed by atoms with E-state index in [2.05, 4.69) is 59.0 Å². The molecule has 1 aliphatic heterocycles. The van der Waals surface area contributed by atoms with E-state index in [4.69, 9.17) is 0 Å². The Morgan fingerprint density at radius 1 is 0.882 bits per heavy atom. The molecule has 0 aromatic heterocycles. The van der Waals surface area contributed by atoms with Crippen LogP contribution in [0.1, 0.15) is 34.0 Å². The normalized spacial score (nSPS) is 14.0. The lowest BCUT2D eigenvalue weighted by atomic mass is 10.0. The molecule has 2 N–H and O–H groups in total. The highest BCUT2D eigenvalue weighted by Crippen LogP contribution is 2.35. The first-order valence-corrected chi connectivity index (χ1v) is 11.3. The van der Waals surface area contributed by atoms with E-state index in [1.807, 2.05) is 25.1 Å². The minimum Gasteiger partial charge on any atom is -0.358 e. The first kappa shape index (κ1) is 23.3. The molecule has 3 aromatic rings. The maximum Gasteiger partial charge on any atom is 0.258 e. The van der Waals surface area contributed by atoms with Crippen LogP contribution >= 0.6 is 0 Å². The third-order valence-corrected chi connectivity index (χ3v) is 5.83. The number of nitrogens with zero attached hydrogens (tertiary/aromatic N) is 2. The molecule has 0 bridgehead atoms. The highest BCUT2D eigenvalue weighted by atomic mass is 16.2. The molecule has 174 valence electrons. The average Bonchev–Trinajstić information content (AvgIpc) is 3.15. The summed E-state index contributed by atoms with van der Waals surface area (Å²) < 4.78 is 0. The van der Waals surface area contributed by atoms with Gasteiger partial charge < -0.3 is 15.5 Å². The summed E-state index contributed by atoms with van der Waals surface area (Å²) in [5, 5.41) is 6.25. The van der Waals surface area contributed by atoms with Crippen molar-refractivity contribution in [1.29, 1.82) is 0 Å². The fourth-order valence-electron chi connectivity index (χ4n) is 4.17. The second kappa shape index (κ2) is 9.93. The second-order valence-corrected chi connectivity index (χ2v) is 8.89. The van der Waals surface area contributed by atoms with Gasteiger partial charge in [-0.15, -0.1) is 0 Å². The monoisotopic (exact) mass is 454 g/mol. The number of carbonyl (C=O) groups excluding carboxylic acids is 2. The zero-order chi connectivity index (χ0) is 24.2. The van der Waals surface area contributed by atoms with Crippen LogP contribution in [0, 0.1) is 0 Å². The number of fused-ring (bicyclic) bond motifs is 1. The minimum atomic E-state index is -0.173. The Balaban J connectivity index is 1.48. The predicted octanol–water partition coefficient (Wildman–Crippen LogP) is 4.82. The van der Waals surface area contributed by atoms with Gasteiger partial charge in [0.05, 0.1) is 5.57 Å². The summed E-state index contributed by atoms with van der Waals surface area (Å²) >= 11 is 0. The molecule has 0 fully saturated rings. The SMILES string of the molecule is C/C(Nc1ccc(CN(C)Cc2ccccc2)cc1)=C1/C(=O)Nc2ccc(C(=O)N(C)C)cc21. The van der Waals surface area contributed by atoms with Gasteiger partial charge in [-0.05, 0) is 55.4 Å². The minimum absolute atomic E-state index is 0.0973. The molecule has 34 heavy (non-hydrogen) atoms. The van der Waals surface area contributed by atoms with Gasteiger partial charge in [-0.2, -0.15) is 0 Å². The lowest BCUT2D eigenvalue weighted by Crippen LogP contribution is -2.21. The Morgan fingerprint density at radius 3 is 2.18 bits per heavy atom. The van der Waals surface area contributed by atoms with Crippen LogP contribution in [0.5, 0.6) is 0 Å². The second-order valence-electron chi connectivity index (χ2n) is 8.89. The van der Waals surface area contributed by atoms with Crippen LogP contribution in [-0.4, -0.2) is 42.8 Å². The van der Waals surface area contributed by atoms with E-state index in [1.54, 1.807) is 32.3 Å². The molecular formula is C28H30N4O2. The molecule has 2 amide bonds. The van der Waals surface area contributed by atoms with Crippen molar-refractivity contribution < 1.29 is 9.59 Å². The molecule has 3 aromatic carbocycles.